The van der Waals surface area contributed by atoms with Crippen LogP contribution < -0.4 is 0 Å². The van der Waals surface area contributed by atoms with Crippen LogP contribution in [0.15, 0.2) is 40.8 Å². The summed E-state index contributed by atoms with van der Waals surface area (Å²) in [6, 6.07) is 13.2. The molecule has 0 bridgehead atoms. The van der Waals surface area contributed by atoms with E-state index in [-0.39, 0.29) is 0 Å². The first-order valence-corrected chi connectivity index (χ1v) is 7.56. The van der Waals surface area contributed by atoms with Crippen LogP contribution in [0, 0.1) is 0 Å². The molecule has 0 spiro atoms. The summed E-state index contributed by atoms with van der Waals surface area (Å²) in [4.78, 5) is 0. The number of hydrogen-bond acceptors (Lipinski definition) is 1. The molecule has 1 saturated carbocycles. The maximum Gasteiger partial charge on any atom is 0.134 e. The Balaban J connectivity index is 1.78. The van der Waals surface area contributed by atoms with Crippen molar-refractivity contribution in [2.75, 3.05) is 0 Å². The van der Waals surface area contributed by atoms with Gasteiger partial charge >= 0.3 is 0 Å². The van der Waals surface area contributed by atoms with Crippen LogP contribution in [0.1, 0.15) is 56.3 Å². The van der Waals surface area contributed by atoms with Crippen molar-refractivity contribution in [2.45, 2.75) is 51.4 Å². The number of aryl methyl sites for hydroxylation is 1. The predicted molar refractivity (Wildman–Crippen MR) is 79.3 cm³/mol. The van der Waals surface area contributed by atoms with E-state index in [4.69, 9.17) is 4.42 Å². The fourth-order valence-corrected chi connectivity index (χ4v) is 3.08. The molecule has 1 fully saturated rings. The molecule has 2 aromatic rings. The van der Waals surface area contributed by atoms with E-state index in [1.807, 2.05) is 0 Å². The van der Waals surface area contributed by atoms with E-state index in [1.165, 1.54) is 43.2 Å². The minimum absolute atomic E-state index is 0.783. The monoisotopic (exact) mass is 254 g/mol. The maximum atomic E-state index is 5.80. The van der Waals surface area contributed by atoms with Gasteiger partial charge in [-0.15, -0.1) is 0 Å². The summed E-state index contributed by atoms with van der Waals surface area (Å²) in [5.41, 5.74) is 2.70. The molecule has 0 saturated heterocycles. The van der Waals surface area contributed by atoms with Gasteiger partial charge < -0.3 is 4.42 Å². The lowest BCUT2D eigenvalue weighted by atomic mass is 9.84. The predicted octanol–water partition coefficient (Wildman–Crippen LogP) is 5.56. The van der Waals surface area contributed by atoms with Crippen molar-refractivity contribution in [3.8, 4) is 11.3 Å². The summed E-state index contributed by atoms with van der Waals surface area (Å²) in [6.07, 6.45) is 7.88. The van der Waals surface area contributed by atoms with Crippen molar-refractivity contribution in [3.05, 3.63) is 47.7 Å². The standard InChI is InChI=1S/C18H22O/c1-2-17-12-13-18(19-17)16-10-8-15(9-11-16)14-6-4-3-5-7-14/h8-14H,2-7H2,1H3. The van der Waals surface area contributed by atoms with Gasteiger partial charge in [0.1, 0.15) is 11.5 Å². The molecule has 3 rings (SSSR count). The molecule has 1 nitrogen and oxygen atoms in total. The molecule has 0 aliphatic heterocycles. The highest BCUT2D eigenvalue weighted by Gasteiger charge is 2.15. The van der Waals surface area contributed by atoms with E-state index in [2.05, 4.69) is 43.3 Å². The van der Waals surface area contributed by atoms with Crippen LogP contribution in [0.4, 0.5) is 0 Å². The first kappa shape index (κ1) is 12.5. The molecule has 100 valence electrons. The van der Waals surface area contributed by atoms with Gasteiger partial charge in [-0.25, -0.2) is 0 Å². The third kappa shape index (κ3) is 2.75. The van der Waals surface area contributed by atoms with Crippen LogP contribution in [0.3, 0.4) is 0 Å². The highest BCUT2D eigenvalue weighted by Crippen LogP contribution is 2.33. The van der Waals surface area contributed by atoms with Gasteiger partial charge in [0.15, 0.2) is 0 Å². The normalized spacial score (nSPS) is 16.7. The quantitative estimate of drug-likeness (QED) is 0.699. The topological polar surface area (TPSA) is 13.1 Å². The second kappa shape index (κ2) is 5.64. The molecule has 1 aliphatic rings. The molecule has 1 aromatic heterocycles. The van der Waals surface area contributed by atoms with Crippen molar-refractivity contribution in [2.24, 2.45) is 0 Å². The Morgan fingerprint density at radius 1 is 0.947 bits per heavy atom. The lowest BCUT2D eigenvalue weighted by molar-refractivity contribution is 0.443. The SMILES string of the molecule is CCc1ccc(-c2ccc(C3CCCCC3)cc2)o1. The molecule has 19 heavy (non-hydrogen) atoms. The van der Waals surface area contributed by atoms with Crippen molar-refractivity contribution in [1.82, 2.24) is 0 Å². The van der Waals surface area contributed by atoms with E-state index >= 15 is 0 Å². The average molecular weight is 254 g/mol. The van der Waals surface area contributed by atoms with Crippen molar-refractivity contribution >= 4 is 0 Å². The van der Waals surface area contributed by atoms with Gasteiger partial charge in [-0.2, -0.15) is 0 Å². The van der Waals surface area contributed by atoms with Crippen LogP contribution in [0.25, 0.3) is 11.3 Å². The molecule has 0 N–H and O–H groups in total. The Labute approximate surface area is 115 Å². The number of rotatable bonds is 3. The summed E-state index contributed by atoms with van der Waals surface area (Å²) in [5.74, 6) is 2.84. The minimum atomic E-state index is 0.783. The molecule has 0 radical (unpaired) electrons. The molecule has 0 atom stereocenters. The van der Waals surface area contributed by atoms with E-state index < -0.39 is 0 Å². The lowest BCUT2D eigenvalue weighted by Gasteiger charge is -2.21. The summed E-state index contributed by atoms with van der Waals surface area (Å²) in [7, 11) is 0. The Hall–Kier alpha value is -1.50. The molecule has 1 heterocycles. The molecule has 1 aromatic carbocycles. The summed E-state index contributed by atoms with van der Waals surface area (Å²) < 4.78 is 5.80. The average Bonchev–Trinajstić information content (AvgIpc) is 2.97. The number of furan rings is 1. The molecular formula is C18H22O. The second-order valence-corrected chi connectivity index (χ2v) is 5.58. The smallest absolute Gasteiger partial charge is 0.134 e. The van der Waals surface area contributed by atoms with E-state index in [0.717, 1.165) is 23.9 Å². The minimum Gasteiger partial charge on any atom is -0.461 e. The van der Waals surface area contributed by atoms with Crippen LogP contribution in [0.2, 0.25) is 0 Å². The molecular weight excluding hydrogens is 232 g/mol. The van der Waals surface area contributed by atoms with Gasteiger partial charge in [-0.1, -0.05) is 50.5 Å². The largest absolute Gasteiger partial charge is 0.461 e. The molecule has 1 heteroatoms. The number of benzene rings is 1. The second-order valence-electron chi connectivity index (χ2n) is 5.58. The van der Waals surface area contributed by atoms with Crippen LogP contribution >= 0.6 is 0 Å². The zero-order valence-corrected chi connectivity index (χ0v) is 11.7. The van der Waals surface area contributed by atoms with Crippen molar-refractivity contribution in [1.29, 1.82) is 0 Å². The van der Waals surface area contributed by atoms with Crippen LogP contribution in [-0.2, 0) is 6.42 Å². The van der Waals surface area contributed by atoms with E-state index in [1.54, 1.807) is 0 Å². The molecule has 0 unspecified atom stereocenters. The molecule has 1 aliphatic carbocycles. The number of hydrogen-bond donors (Lipinski definition) is 0. The summed E-state index contributed by atoms with van der Waals surface area (Å²) in [6.45, 7) is 2.12. The fraction of sp³-hybridized carbons (Fsp3) is 0.444. The Kier molecular flexibility index (Phi) is 3.72. The summed E-state index contributed by atoms with van der Waals surface area (Å²) in [5, 5.41) is 0. The Morgan fingerprint density at radius 2 is 1.68 bits per heavy atom. The maximum absolute atomic E-state index is 5.80. The summed E-state index contributed by atoms with van der Waals surface area (Å²) >= 11 is 0. The van der Waals surface area contributed by atoms with Crippen molar-refractivity contribution < 1.29 is 4.42 Å². The zero-order valence-electron chi connectivity index (χ0n) is 11.7. The van der Waals surface area contributed by atoms with Gasteiger partial charge in [0.05, 0.1) is 0 Å². The van der Waals surface area contributed by atoms with E-state index in [9.17, 15) is 0 Å². The van der Waals surface area contributed by atoms with Gasteiger partial charge in [-0.3, -0.25) is 0 Å². The Morgan fingerprint density at radius 3 is 2.32 bits per heavy atom. The van der Waals surface area contributed by atoms with E-state index in [0.29, 0.717) is 0 Å². The first-order valence-electron chi connectivity index (χ1n) is 7.56. The highest BCUT2D eigenvalue weighted by molar-refractivity contribution is 5.58. The fourth-order valence-electron chi connectivity index (χ4n) is 3.08. The highest BCUT2D eigenvalue weighted by atomic mass is 16.3. The van der Waals surface area contributed by atoms with Gasteiger partial charge in [0.25, 0.3) is 0 Å². The van der Waals surface area contributed by atoms with Gasteiger partial charge in [-0.05, 0) is 36.5 Å². The van der Waals surface area contributed by atoms with Gasteiger partial charge in [0.2, 0.25) is 0 Å². The molecule has 0 amide bonds. The first-order chi connectivity index (χ1) is 9.36. The van der Waals surface area contributed by atoms with Crippen LogP contribution in [-0.4, -0.2) is 0 Å². The third-order valence-corrected chi connectivity index (χ3v) is 4.28. The third-order valence-electron chi connectivity index (χ3n) is 4.28. The van der Waals surface area contributed by atoms with Gasteiger partial charge in [0, 0.05) is 12.0 Å². The van der Waals surface area contributed by atoms with Crippen LogP contribution in [0.5, 0.6) is 0 Å². The Bertz CT molecular complexity index is 515. The zero-order chi connectivity index (χ0) is 13.1. The van der Waals surface area contributed by atoms with Crippen molar-refractivity contribution in [3.63, 3.8) is 0 Å². The lowest BCUT2D eigenvalue weighted by Crippen LogP contribution is -2.04.